The molecule has 1 saturated heterocycles. The number of benzene rings is 1. The van der Waals surface area contributed by atoms with Crippen LogP contribution in [0.25, 0.3) is 11.0 Å². The van der Waals surface area contributed by atoms with E-state index < -0.39 is 0 Å². The first-order valence-electron chi connectivity index (χ1n) is 7.19. The van der Waals surface area contributed by atoms with Crippen molar-refractivity contribution in [3.8, 4) is 5.75 Å². The van der Waals surface area contributed by atoms with Crippen LogP contribution in [0.5, 0.6) is 5.75 Å². The standard InChI is InChI=1S/C15H22N4O/c1-18-8-4-3-5-11(18)10-19-14-9-12(20-2)6-7-13(14)17-15(19)16/h6-7,9,11H,3-5,8,10H2,1-2H3,(H2,16,17). The predicted molar refractivity (Wildman–Crippen MR) is 81.0 cm³/mol. The Bertz CT molecular complexity index is 607. The average molecular weight is 274 g/mol. The van der Waals surface area contributed by atoms with Crippen LogP contribution < -0.4 is 10.5 Å². The van der Waals surface area contributed by atoms with Crippen LogP contribution in [0, 0.1) is 0 Å². The Morgan fingerprint density at radius 3 is 3.00 bits per heavy atom. The summed E-state index contributed by atoms with van der Waals surface area (Å²) in [7, 11) is 3.87. The molecule has 20 heavy (non-hydrogen) atoms. The molecule has 5 nitrogen and oxygen atoms in total. The Hall–Kier alpha value is -1.75. The summed E-state index contributed by atoms with van der Waals surface area (Å²) in [5.41, 5.74) is 8.09. The van der Waals surface area contributed by atoms with Gasteiger partial charge in [-0.2, -0.15) is 0 Å². The Labute approximate surface area is 119 Å². The average Bonchev–Trinajstić information content (AvgIpc) is 2.77. The van der Waals surface area contributed by atoms with Gasteiger partial charge >= 0.3 is 0 Å². The summed E-state index contributed by atoms with van der Waals surface area (Å²) in [6.07, 6.45) is 3.81. The first kappa shape index (κ1) is 13.2. The van der Waals surface area contributed by atoms with Crippen LogP contribution in [-0.2, 0) is 6.54 Å². The molecule has 108 valence electrons. The predicted octanol–water partition coefficient (Wildman–Crippen LogP) is 2.11. The fourth-order valence-electron chi connectivity index (χ4n) is 3.03. The van der Waals surface area contributed by atoms with Crippen molar-refractivity contribution in [3.63, 3.8) is 0 Å². The smallest absolute Gasteiger partial charge is 0.201 e. The maximum Gasteiger partial charge on any atom is 0.201 e. The van der Waals surface area contributed by atoms with Crippen molar-refractivity contribution in [2.75, 3.05) is 26.4 Å². The van der Waals surface area contributed by atoms with Crippen LogP contribution in [0.2, 0.25) is 0 Å². The molecule has 1 aliphatic heterocycles. The maximum atomic E-state index is 6.10. The number of methoxy groups -OCH3 is 1. The first-order chi connectivity index (χ1) is 9.69. The molecule has 0 saturated carbocycles. The molecule has 0 amide bonds. The van der Waals surface area contributed by atoms with Crippen LogP contribution >= 0.6 is 0 Å². The molecule has 1 unspecified atom stereocenters. The number of nitrogens with two attached hydrogens (primary N) is 1. The summed E-state index contributed by atoms with van der Waals surface area (Å²) in [6, 6.07) is 6.44. The summed E-state index contributed by atoms with van der Waals surface area (Å²) in [4.78, 5) is 6.87. The number of imidazole rings is 1. The normalized spacial score (nSPS) is 20.4. The van der Waals surface area contributed by atoms with Crippen molar-refractivity contribution in [2.45, 2.75) is 31.8 Å². The van der Waals surface area contributed by atoms with Crippen LogP contribution in [-0.4, -0.2) is 41.2 Å². The Kier molecular flexibility index (Phi) is 3.53. The third kappa shape index (κ3) is 2.33. The van der Waals surface area contributed by atoms with E-state index in [9.17, 15) is 0 Å². The molecule has 1 atom stereocenters. The van der Waals surface area contributed by atoms with E-state index >= 15 is 0 Å². The molecule has 1 fully saturated rings. The SMILES string of the molecule is COc1ccc2nc(N)n(CC3CCCCN3C)c2c1. The van der Waals surface area contributed by atoms with Gasteiger partial charge in [-0.05, 0) is 38.6 Å². The third-order valence-corrected chi connectivity index (χ3v) is 4.30. The van der Waals surface area contributed by atoms with Gasteiger partial charge in [0.05, 0.1) is 18.1 Å². The monoisotopic (exact) mass is 274 g/mol. The van der Waals surface area contributed by atoms with Crippen molar-refractivity contribution in [1.82, 2.24) is 14.5 Å². The van der Waals surface area contributed by atoms with E-state index in [0.29, 0.717) is 12.0 Å². The van der Waals surface area contributed by atoms with Gasteiger partial charge < -0.3 is 19.9 Å². The minimum atomic E-state index is 0.537. The van der Waals surface area contributed by atoms with Crippen molar-refractivity contribution in [1.29, 1.82) is 0 Å². The van der Waals surface area contributed by atoms with Crippen LogP contribution in [0.15, 0.2) is 18.2 Å². The van der Waals surface area contributed by atoms with Crippen molar-refractivity contribution >= 4 is 17.0 Å². The van der Waals surface area contributed by atoms with E-state index in [1.807, 2.05) is 18.2 Å². The number of rotatable bonds is 3. The van der Waals surface area contributed by atoms with Gasteiger partial charge in [0.2, 0.25) is 5.95 Å². The zero-order chi connectivity index (χ0) is 14.1. The third-order valence-electron chi connectivity index (χ3n) is 4.30. The van der Waals surface area contributed by atoms with Gasteiger partial charge in [0, 0.05) is 18.7 Å². The van der Waals surface area contributed by atoms with Crippen molar-refractivity contribution < 1.29 is 4.74 Å². The number of nitrogen functional groups attached to an aromatic ring is 1. The van der Waals surface area contributed by atoms with Gasteiger partial charge in [0.25, 0.3) is 0 Å². The largest absolute Gasteiger partial charge is 0.497 e. The van der Waals surface area contributed by atoms with Gasteiger partial charge in [-0.25, -0.2) is 4.98 Å². The lowest BCUT2D eigenvalue weighted by Gasteiger charge is -2.32. The number of nitrogens with zero attached hydrogens (tertiary/aromatic N) is 3. The zero-order valence-corrected chi connectivity index (χ0v) is 12.2. The van der Waals surface area contributed by atoms with Gasteiger partial charge in [0.1, 0.15) is 5.75 Å². The highest BCUT2D eigenvalue weighted by molar-refractivity contribution is 5.79. The Morgan fingerprint density at radius 1 is 1.40 bits per heavy atom. The van der Waals surface area contributed by atoms with E-state index in [1.165, 1.54) is 25.8 Å². The molecule has 0 bridgehead atoms. The number of aromatic nitrogens is 2. The fraction of sp³-hybridized carbons (Fsp3) is 0.533. The number of likely N-dealkylation sites (tertiary alicyclic amines) is 1. The van der Waals surface area contributed by atoms with Crippen molar-refractivity contribution in [2.24, 2.45) is 0 Å². The fourth-order valence-corrected chi connectivity index (χ4v) is 3.03. The lowest BCUT2D eigenvalue weighted by Crippen LogP contribution is -2.39. The number of fused-ring (bicyclic) bond motifs is 1. The second-order valence-electron chi connectivity index (χ2n) is 5.57. The number of likely N-dealkylation sites (N-methyl/N-ethyl adjacent to an activating group) is 1. The lowest BCUT2D eigenvalue weighted by molar-refractivity contribution is 0.169. The van der Waals surface area contributed by atoms with E-state index in [4.69, 9.17) is 10.5 Å². The van der Waals surface area contributed by atoms with Gasteiger partial charge in [-0.3, -0.25) is 0 Å². The molecule has 1 aromatic heterocycles. The molecule has 0 spiro atoms. The highest BCUT2D eigenvalue weighted by Gasteiger charge is 2.21. The molecule has 0 aliphatic carbocycles. The maximum absolute atomic E-state index is 6.10. The summed E-state index contributed by atoms with van der Waals surface area (Å²) in [6.45, 7) is 2.06. The van der Waals surface area contributed by atoms with Gasteiger partial charge in [-0.15, -0.1) is 0 Å². The quantitative estimate of drug-likeness (QED) is 0.931. The first-order valence-corrected chi connectivity index (χ1v) is 7.19. The number of hydrogen-bond donors (Lipinski definition) is 1. The summed E-state index contributed by atoms with van der Waals surface area (Å²) in [5.74, 6) is 1.43. The second-order valence-corrected chi connectivity index (χ2v) is 5.57. The molecular formula is C15H22N4O. The highest BCUT2D eigenvalue weighted by Crippen LogP contribution is 2.25. The number of ether oxygens (including phenoxy) is 1. The molecular weight excluding hydrogens is 252 g/mol. The number of hydrogen-bond acceptors (Lipinski definition) is 4. The van der Waals surface area contributed by atoms with E-state index in [-0.39, 0.29) is 0 Å². The minimum absolute atomic E-state index is 0.537. The Balaban J connectivity index is 1.95. The van der Waals surface area contributed by atoms with Crippen molar-refractivity contribution in [3.05, 3.63) is 18.2 Å². The van der Waals surface area contributed by atoms with Crippen LogP contribution in [0.3, 0.4) is 0 Å². The summed E-state index contributed by atoms with van der Waals surface area (Å²) in [5, 5.41) is 0. The topological polar surface area (TPSA) is 56.3 Å². The molecule has 5 heteroatoms. The zero-order valence-electron chi connectivity index (χ0n) is 12.2. The molecule has 2 N–H and O–H groups in total. The minimum Gasteiger partial charge on any atom is -0.497 e. The Morgan fingerprint density at radius 2 is 2.25 bits per heavy atom. The van der Waals surface area contributed by atoms with E-state index in [0.717, 1.165) is 23.3 Å². The van der Waals surface area contributed by atoms with Gasteiger partial charge in [0.15, 0.2) is 0 Å². The number of anilines is 1. The van der Waals surface area contributed by atoms with Crippen LogP contribution in [0.4, 0.5) is 5.95 Å². The molecule has 2 aromatic rings. The van der Waals surface area contributed by atoms with E-state index in [2.05, 4.69) is 21.5 Å². The van der Waals surface area contributed by atoms with Gasteiger partial charge in [-0.1, -0.05) is 6.42 Å². The number of piperidine rings is 1. The lowest BCUT2D eigenvalue weighted by atomic mass is 10.0. The molecule has 0 radical (unpaired) electrons. The molecule has 3 rings (SSSR count). The molecule has 1 aliphatic rings. The second kappa shape index (κ2) is 5.32. The molecule has 1 aromatic carbocycles. The highest BCUT2D eigenvalue weighted by atomic mass is 16.5. The summed E-state index contributed by atoms with van der Waals surface area (Å²) < 4.78 is 7.42. The molecule has 2 heterocycles. The van der Waals surface area contributed by atoms with Crippen LogP contribution in [0.1, 0.15) is 19.3 Å². The summed E-state index contributed by atoms with van der Waals surface area (Å²) >= 11 is 0. The van der Waals surface area contributed by atoms with E-state index in [1.54, 1.807) is 7.11 Å².